The number of rotatable bonds is 4. The minimum Gasteiger partial charge on any atom is -0.396 e. The fourth-order valence-electron chi connectivity index (χ4n) is 1.28. The maximum absolute atomic E-state index is 13.0. The molecule has 3 N–H and O–H groups in total. The normalized spacial score (nSPS) is 12.9. The molecule has 4 heteroatoms. The van der Waals surface area contributed by atoms with Crippen molar-refractivity contribution in [1.29, 1.82) is 0 Å². The van der Waals surface area contributed by atoms with Gasteiger partial charge in [-0.2, -0.15) is 0 Å². The highest BCUT2D eigenvalue weighted by molar-refractivity contribution is 9.10. The molecule has 0 aliphatic carbocycles. The summed E-state index contributed by atoms with van der Waals surface area (Å²) in [6.07, 6.45) is 0.601. The van der Waals surface area contributed by atoms with Crippen molar-refractivity contribution in [1.82, 2.24) is 0 Å². The van der Waals surface area contributed by atoms with Gasteiger partial charge in [-0.3, -0.25) is 0 Å². The van der Waals surface area contributed by atoms with E-state index in [1.807, 2.05) is 6.07 Å². The van der Waals surface area contributed by atoms with Crippen molar-refractivity contribution >= 4 is 15.9 Å². The lowest BCUT2D eigenvalue weighted by Gasteiger charge is -2.11. The quantitative estimate of drug-likeness (QED) is 0.867. The Labute approximate surface area is 91.1 Å². The molecule has 0 saturated heterocycles. The summed E-state index contributed by atoms with van der Waals surface area (Å²) in [5.41, 5.74) is 6.29. The van der Waals surface area contributed by atoms with Gasteiger partial charge in [-0.25, -0.2) is 4.39 Å². The minimum atomic E-state index is -0.275. The summed E-state index contributed by atoms with van der Waals surface area (Å²) >= 11 is 3.21. The zero-order valence-corrected chi connectivity index (χ0v) is 9.30. The summed E-state index contributed by atoms with van der Waals surface area (Å²) in [6.45, 7) is 0.440. The van der Waals surface area contributed by atoms with Crippen molar-refractivity contribution in [3.63, 3.8) is 0 Å². The Balaban J connectivity index is 2.75. The standard InChI is InChI=1S/C10H13BrFNO/c11-9-2-7(3-10(12)4-9)1-8(5-13)6-14/h2-4,8,14H,1,5-6,13H2/t8-/m1/s1. The van der Waals surface area contributed by atoms with E-state index in [-0.39, 0.29) is 18.3 Å². The third-order valence-electron chi connectivity index (χ3n) is 2.04. The second kappa shape index (κ2) is 5.44. The molecular weight excluding hydrogens is 249 g/mol. The van der Waals surface area contributed by atoms with Crippen molar-refractivity contribution in [3.05, 3.63) is 34.1 Å². The number of halogens is 2. The van der Waals surface area contributed by atoms with Crippen molar-refractivity contribution in [3.8, 4) is 0 Å². The van der Waals surface area contributed by atoms with Crippen LogP contribution in [0.3, 0.4) is 0 Å². The summed E-state index contributed by atoms with van der Waals surface area (Å²) < 4.78 is 13.7. The Kier molecular flexibility index (Phi) is 4.51. The topological polar surface area (TPSA) is 46.2 Å². The third-order valence-corrected chi connectivity index (χ3v) is 2.50. The van der Waals surface area contributed by atoms with Crippen LogP contribution in [0.15, 0.2) is 22.7 Å². The second-order valence-corrected chi connectivity index (χ2v) is 4.18. The lowest BCUT2D eigenvalue weighted by atomic mass is 10.0. The van der Waals surface area contributed by atoms with Crippen LogP contribution in [0.25, 0.3) is 0 Å². The third kappa shape index (κ3) is 3.36. The summed E-state index contributed by atoms with van der Waals surface area (Å²) in [7, 11) is 0. The molecule has 0 spiro atoms. The van der Waals surface area contributed by atoms with E-state index in [1.165, 1.54) is 12.1 Å². The predicted octanol–water partition coefficient (Wildman–Crippen LogP) is 1.70. The summed E-state index contributed by atoms with van der Waals surface area (Å²) in [4.78, 5) is 0. The zero-order valence-electron chi connectivity index (χ0n) is 7.71. The summed E-state index contributed by atoms with van der Waals surface area (Å²) in [6, 6.07) is 4.70. The van der Waals surface area contributed by atoms with E-state index in [0.29, 0.717) is 17.4 Å². The van der Waals surface area contributed by atoms with E-state index < -0.39 is 0 Å². The van der Waals surface area contributed by atoms with E-state index in [0.717, 1.165) is 5.56 Å². The van der Waals surface area contributed by atoms with Crippen LogP contribution in [0.2, 0.25) is 0 Å². The van der Waals surface area contributed by atoms with Gasteiger partial charge in [0.25, 0.3) is 0 Å². The molecule has 1 atom stereocenters. The van der Waals surface area contributed by atoms with E-state index >= 15 is 0 Å². The lowest BCUT2D eigenvalue weighted by Crippen LogP contribution is -2.20. The molecule has 78 valence electrons. The molecule has 0 aliphatic rings. The Morgan fingerprint density at radius 3 is 2.64 bits per heavy atom. The van der Waals surface area contributed by atoms with Gasteiger partial charge in [-0.05, 0) is 42.6 Å². The predicted molar refractivity (Wildman–Crippen MR) is 57.4 cm³/mol. The van der Waals surface area contributed by atoms with Crippen LogP contribution >= 0.6 is 15.9 Å². The van der Waals surface area contributed by atoms with Crippen molar-refractivity contribution in [2.45, 2.75) is 6.42 Å². The van der Waals surface area contributed by atoms with Crippen LogP contribution in [0.1, 0.15) is 5.56 Å². The molecule has 0 fully saturated rings. The van der Waals surface area contributed by atoms with E-state index in [2.05, 4.69) is 15.9 Å². The van der Waals surface area contributed by atoms with Crippen LogP contribution in [0, 0.1) is 11.7 Å². The van der Waals surface area contributed by atoms with E-state index in [9.17, 15) is 4.39 Å². The molecule has 1 aromatic rings. The maximum atomic E-state index is 13.0. The first-order chi connectivity index (χ1) is 6.65. The monoisotopic (exact) mass is 261 g/mol. The first kappa shape index (κ1) is 11.6. The average Bonchev–Trinajstić information content (AvgIpc) is 2.12. The second-order valence-electron chi connectivity index (χ2n) is 3.27. The first-order valence-corrected chi connectivity index (χ1v) is 5.21. The van der Waals surface area contributed by atoms with Gasteiger partial charge in [0.1, 0.15) is 5.82 Å². The Morgan fingerprint density at radius 2 is 2.14 bits per heavy atom. The van der Waals surface area contributed by atoms with Gasteiger partial charge in [-0.1, -0.05) is 15.9 Å². The number of nitrogens with two attached hydrogens (primary N) is 1. The molecule has 0 unspecified atom stereocenters. The Morgan fingerprint density at radius 1 is 1.43 bits per heavy atom. The number of benzene rings is 1. The highest BCUT2D eigenvalue weighted by Gasteiger charge is 2.07. The Bertz CT molecular complexity index is 282. The van der Waals surface area contributed by atoms with Crippen molar-refractivity contribution in [2.24, 2.45) is 11.7 Å². The van der Waals surface area contributed by atoms with Gasteiger partial charge in [0.2, 0.25) is 0 Å². The van der Waals surface area contributed by atoms with Gasteiger partial charge in [0, 0.05) is 11.1 Å². The molecule has 14 heavy (non-hydrogen) atoms. The smallest absolute Gasteiger partial charge is 0.124 e. The fourth-order valence-corrected chi connectivity index (χ4v) is 1.80. The van der Waals surface area contributed by atoms with Crippen LogP contribution in [0.4, 0.5) is 4.39 Å². The summed E-state index contributed by atoms with van der Waals surface area (Å²) in [5, 5.41) is 8.94. The summed E-state index contributed by atoms with van der Waals surface area (Å²) in [5.74, 6) is -0.271. The van der Waals surface area contributed by atoms with Crippen LogP contribution in [0.5, 0.6) is 0 Å². The highest BCUT2D eigenvalue weighted by Crippen LogP contribution is 2.17. The van der Waals surface area contributed by atoms with Crippen molar-refractivity contribution < 1.29 is 9.50 Å². The van der Waals surface area contributed by atoms with E-state index in [1.54, 1.807) is 0 Å². The average molecular weight is 262 g/mol. The fraction of sp³-hybridized carbons (Fsp3) is 0.400. The van der Waals surface area contributed by atoms with Crippen LogP contribution in [-0.2, 0) is 6.42 Å². The van der Waals surface area contributed by atoms with Crippen LogP contribution in [-0.4, -0.2) is 18.3 Å². The van der Waals surface area contributed by atoms with Gasteiger partial charge < -0.3 is 10.8 Å². The van der Waals surface area contributed by atoms with Gasteiger partial charge in [-0.15, -0.1) is 0 Å². The number of aliphatic hydroxyl groups is 1. The SMILES string of the molecule is NC[C@H](CO)Cc1cc(F)cc(Br)c1. The number of aliphatic hydroxyl groups excluding tert-OH is 1. The van der Waals surface area contributed by atoms with Crippen LogP contribution < -0.4 is 5.73 Å². The minimum absolute atomic E-state index is 0.00343. The molecule has 0 saturated carbocycles. The largest absolute Gasteiger partial charge is 0.396 e. The molecule has 0 aromatic heterocycles. The van der Waals surface area contributed by atoms with Gasteiger partial charge >= 0.3 is 0 Å². The van der Waals surface area contributed by atoms with Gasteiger partial charge in [0.15, 0.2) is 0 Å². The maximum Gasteiger partial charge on any atom is 0.124 e. The molecule has 0 radical (unpaired) electrons. The molecule has 1 aromatic carbocycles. The van der Waals surface area contributed by atoms with Crippen molar-refractivity contribution in [2.75, 3.05) is 13.2 Å². The highest BCUT2D eigenvalue weighted by atomic mass is 79.9. The molecule has 0 aliphatic heterocycles. The van der Waals surface area contributed by atoms with E-state index in [4.69, 9.17) is 10.8 Å². The Hall–Kier alpha value is -0.450. The molecular formula is C10H13BrFNO. The number of hydrogen-bond donors (Lipinski definition) is 2. The lowest BCUT2D eigenvalue weighted by molar-refractivity contribution is 0.229. The molecule has 1 rings (SSSR count). The molecule has 0 bridgehead atoms. The zero-order chi connectivity index (χ0) is 10.6. The molecule has 0 heterocycles. The molecule has 0 amide bonds. The number of hydrogen-bond acceptors (Lipinski definition) is 2. The first-order valence-electron chi connectivity index (χ1n) is 4.41. The molecule has 2 nitrogen and oxygen atoms in total. The van der Waals surface area contributed by atoms with Gasteiger partial charge in [0.05, 0.1) is 0 Å².